The second-order valence-electron chi connectivity index (χ2n) is 8.27. The molecule has 1 aliphatic carbocycles. The summed E-state index contributed by atoms with van der Waals surface area (Å²) in [6, 6.07) is 7.85. The smallest absolute Gasteiger partial charge is 0.259 e. The summed E-state index contributed by atoms with van der Waals surface area (Å²) in [4.78, 5) is 39.0. The molecule has 7 heteroatoms. The normalized spacial score (nSPS) is 17.3. The van der Waals surface area contributed by atoms with Crippen LogP contribution in [0.3, 0.4) is 0 Å². The lowest BCUT2D eigenvalue weighted by molar-refractivity contribution is 0.101. The van der Waals surface area contributed by atoms with Crippen LogP contribution in [0.15, 0.2) is 29.1 Å². The molecule has 1 aromatic carbocycles. The van der Waals surface area contributed by atoms with Gasteiger partial charge in [-0.05, 0) is 62.4 Å². The Hall–Kier alpha value is -2.51. The number of piperazine rings is 1. The minimum absolute atomic E-state index is 0.0265. The highest BCUT2D eigenvalue weighted by atomic mass is 32.1. The van der Waals surface area contributed by atoms with E-state index in [0.717, 1.165) is 66.3 Å². The maximum absolute atomic E-state index is 12.7. The Balaban J connectivity index is 1.27. The van der Waals surface area contributed by atoms with Gasteiger partial charge in [-0.15, -0.1) is 11.3 Å². The molecule has 0 radical (unpaired) electrons. The highest BCUT2D eigenvalue weighted by Gasteiger charge is 2.22. The van der Waals surface area contributed by atoms with Crippen molar-refractivity contribution < 1.29 is 4.79 Å². The van der Waals surface area contributed by atoms with Crippen LogP contribution in [0, 0.1) is 0 Å². The third-order valence-electron chi connectivity index (χ3n) is 6.26. The van der Waals surface area contributed by atoms with Gasteiger partial charge in [0.2, 0.25) is 0 Å². The fourth-order valence-corrected chi connectivity index (χ4v) is 5.85. The Morgan fingerprint density at radius 1 is 1.10 bits per heavy atom. The predicted octanol–water partition coefficient (Wildman–Crippen LogP) is 3.39. The SMILES string of the molecule is CC(=O)c1ccc(N2CCN(Cc3nc4sc5c(c4c(=O)[nH]3)CCCC5)CC2)cc1. The van der Waals surface area contributed by atoms with Gasteiger partial charge >= 0.3 is 0 Å². The first-order chi connectivity index (χ1) is 14.6. The van der Waals surface area contributed by atoms with Crippen LogP contribution in [0.2, 0.25) is 0 Å². The molecule has 2 aromatic heterocycles. The first kappa shape index (κ1) is 19.5. The van der Waals surface area contributed by atoms with Crippen LogP contribution in [0.4, 0.5) is 5.69 Å². The average molecular weight is 423 g/mol. The summed E-state index contributed by atoms with van der Waals surface area (Å²) in [5.74, 6) is 0.863. The van der Waals surface area contributed by atoms with Gasteiger partial charge < -0.3 is 9.88 Å². The zero-order valence-corrected chi connectivity index (χ0v) is 18.1. The van der Waals surface area contributed by atoms with Gasteiger partial charge in [0.25, 0.3) is 5.56 Å². The second-order valence-corrected chi connectivity index (χ2v) is 9.35. The number of fused-ring (bicyclic) bond motifs is 3. The van der Waals surface area contributed by atoms with Crippen LogP contribution in [0.5, 0.6) is 0 Å². The predicted molar refractivity (Wildman–Crippen MR) is 121 cm³/mol. The lowest BCUT2D eigenvalue weighted by Gasteiger charge is -2.35. The van der Waals surface area contributed by atoms with Crippen molar-refractivity contribution >= 4 is 33.0 Å². The number of nitrogens with one attached hydrogen (secondary N) is 1. The Kier molecular flexibility index (Phi) is 5.16. The lowest BCUT2D eigenvalue weighted by atomic mass is 9.97. The minimum Gasteiger partial charge on any atom is -0.369 e. The maximum atomic E-state index is 12.7. The Morgan fingerprint density at radius 3 is 2.57 bits per heavy atom. The number of rotatable bonds is 4. The number of anilines is 1. The molecule has 5 rings (SSSR count). The molecular weight excluding hydrogens is 396 g/mol. The fraction of sp³-hybridized carbons (Fsp3) is 0.435. The number of nitrogens with zero attached hydrogens (tertiary/aromatic N) is 3. The van der Waals surface area contributed by atoms with Gasteiger partial charge in [-0.2, -0.15) is 0 Å². The number of aryl methyl sites for hydroxylation is 2. The van der Waals surface area contributed by atoms with E-state index in [9.17, 15) is 9.59 Å². The quantitative estimate of drug-likeness (QED) is 0.653. The number of carbonyl (C=O) groups excluding carboxylic acids is 1. The van der Waals surface area contributed by atoms with E-state index in [4.69, 9.17) is 4.98 Å². The van der Waals surface area contributed by atoms with Crippen molar-refractivity contribution in [1.29, 1.82) is 0 Å². The molecule has 1 aliphatic heterocycles. The monoisotopic (exact) mass is 422 g/mol. The number of H-pyrrole nitrogens is 1. The zero-order chi connectivity index (χ0) is 20.7. The van der Waals surface area contributed by atoms with E-state index >= 15 is 0 Å². The molecular formula is C23H26N4O2S. The highest BCUT2D eigenvalue weighted by Crippen LogP contribution is 2.33. The summed E-state index contributed by atoms with van der Waals surface area (Å²) >= 11 is 1.71. The van der Waals surface area contributed by atoms with Crippen molar-refractivity contribution in [3.8, 4) is 0 Å². The average Bonchev–Trinajstić information content (AvgIpc) is 3.13. The molecule has 0 spiro atoms. The van der Waals surface area contributed by atoms with E-state index in [-0.39, 0.29) is 11.3 Å². The molecule has 0 saturated carbocycles. The van der Waals surface area contributed by atoms with Crippen LogP contribution in [-0.2, 0) is 19.4 Å². The van der Waals surface area contributed by atoms with Gasteiger partial charge in [-0.3, -0.25) is 14.5 Å². The van der Waals surface area contributed by atoms with Crippen LogP contribution >= 0.6 is 11.3 Å². The summed E-state index contributed by atoms with van der Waals surface area (Å²) < 4.78 is 0. The zero-order valence-electron chi connectivity index (χ0n) is 17.2. The fourth-order valence-electron chi connectivity index (χ4n) is 4.57. The van der Waals surface area contributed by atoms with Crippen molar-refractivity contribution in [2.24, 2.45) is 0 Å². The molecule has 2 aliphatic rings. The molecule has 156 valence electrons. The van der Waals surface area contributed by atoms with Crippen molar-refractivity contribution in [1.82, 2.24) is 14.9 Å². The van der Waals surface area contributed by atoms with Crippen molar-refractivity contribution in [3.05, 3.63) is 56.4 Å². The standard InChI is InChI=1S/C23H26N4O2S/c1-15(28)16-6-8-17(9-7-16)27-12-10-26(11-13-27)14-20-24-22(29)21-18-4-2-3-5-19(18)30-23(21)25-20/h6-9H,2-5,10-14H2,1H3,(H,24,25,29). The van der Waals surface area contributed by atoms with Gasteiger partial charge in [0.1, 0.15) is 10.7 Å². The van der Waals surface area contributed by atoms with E-state index in [1.807, 2.05) is 24.3 Å². The van der Waals surface area contributed by atoms with E-state index in [0.29, 0.717) is 6.54 Å². The summed E-state index contributed by atoms with van der Waals surface area (Å²) in [6.07, 6.45) is 4.48. The van der Waals surface area contributed by atoms with Gasteiger partial charge in [0.15, 0.2) is 5.78 Å². The Bertz CT molecular complexity index is 1140. The number of thiophene rings is 1. The summed E-state index contributed by atoms with van der Waals surface area (Å²) in [7, 11) is 0. The molecule has 30 heavy (non-hydrogen) atoms. The minimum atomic E-state index is 0.0265. The second kappa shape index (κ2) is 7.96. The summed E-state index contributed by atoms with van der Waals surface area (Å²) in [5, 5.41) is 0.831. The lowest BCUT2D eigenvalue weighted by Crippen LogP contribution is -2.46. The molecule has 0 atom stereocenters. The number of aromatic nitrogens is 2. The van der Waals surface area contributed by atoms with Gasteiger partial charge in [0, 0.05) is 42.3 Å². The Morgan fingerprint density at radius 2 is 1.83 bits per heavy atom. The molecule has 3 heterocycles. The third kappa shape index (κ3) is 3.68. The largest absolute Gasteiger partial charge is 0.369 e. The molecule has 1 N–H and O–H groups in total. The van der Waals surface area contributed by atoms with Gasteiger partial charge in [-0.25, -0.2) is 4.98 Å². The maximum Gasteiger partial charge on any atom is 0.259 e. The molecule has 0 amide bonds. The number of hydrogen-bond donors (Lipinski definition) is 1. The number of carbonyl (C=O) groups is 1. The summed E-state index contributed by atoms with van der Waals surface area (Å²) in [5.41, 5.74) is 3.17. The first-order valence-corrected chi connectivity index (χ1v) is 11.5. The van der Waals surface area contributed by atoms with Crippen molar-refractivity contribution in [2.75, 3.05) is 31.1 Å². The number of Topliss-reactive ketones (excluding diaryl/α,β-unsaturated/α-hetero) is 1. The van der Waals surface area contributed by atoms with Crippen LogP contribution in [0.1, 0.15) is 46.4 Å². The van der Waals surface area contributed by atoms with Crippen molar-refractivity contribution in [3.63, 3.8) is 0 Å². The van der Waals surface area contributed by atoms with Gasteiger partial charge in [-0.1, -0.05) is 0 Å². The molecule has 1 saturated heterocycles. The summed E-state index contributed by atoms with van der Waals surface area (Å²) in [6.45, 7) is 5.92. The molecule has 3 aromatic rings. The van der Waals surface area contributed by atoms with E-state index in [1.165, 1.54) is 23.3 Å². The van der Waals surface area contributed by atoms with Crippen molar-refractivity contribution in [2.45, 2.75) is 39.2 Å². The van der Waals surface area contributed by atoms with E-state index in [2.05, 4.69) is 14.8 Å². The molecule has 0 bridgehead atoms. The van der Waals surface area contributed by atoms with E-state index in [1.54, 1.807) is 18.3 Å². The number of hydrogen-bond acceptors (Lipinski definition) is 6. The number of ketones is 1. The Labute approximate surface area is 179 Å². The first-order valence-electron chi connectivity index (χ1n) is 10.7. The highest BCUT2D eigenvalue weighted by molar-refractivity contribution is 7.18. The van der Waals surface area contributed by atoms with Gasteiger partial charge in [0.05, 0.1) is 11.9 Å². The van der Waals surface area contributed by atoms with E-state index < -0.39 is 0 Å². The number of aromatic amines is 1. The van der Waals surface area contributed by atoms with Crippen LogP contribution in [0.25, 0.3) is 10.2 Å². The van der Waals surface area contributed by atoms with Crippen LogP contribution in [-0.4, -0.2) is 46.8 Å². The topological polar surface area (TPSA) is 69.3 Å². The third-order valence-corrected chi connectivity index (χ3v) is 7.44. The number of benzene rings is 1. The molecule has 6 nitrogen and oxygen atoms in total. The van der Waals surface area contributed by atoms with Crippen LogP contribution < -0.4 is 10.5 Å². The molecule has 1 fully saturated rings. The molecule has 0 unspecified atom stereocenters.